The maximum absolute atomic E-state index is 12.6. The van der Waals surface area contributed by atoms with E-state index in [1.54, 1.807) is 11.3 Å². The first-order chi connectivity index (χ1) is 15.1. The highest BCUT2D eigenvalue weighted by atomic mass is 32.1. The molecule has 1 atom stereocenters. The number of hydrogen-bond acceptors (Lipinski definition) is 5. The molecule has 31 heavy (non-hydrogen) atoms. The Balaban J connectivity index is 1.32. The van der Waals surface area contributed by atoms with E-state index in [2.05, 4.69) is 20.5 Å². The minimum Gasteiger partial charge on any atom is -0.326 e. The average molecular weight is 435 g/mol. The van der Waals surface area contributed by atoms with E-state index in [9.17, 15) is 9.59 Å². The van der Waals surface area contributed by atoms with Crippen LogP contribution in [0.5, 0.6) is 0 Å². The van der Waals surface area contributed by atoms with Gasteiger partial charge in [-0.05, 0) is 50.6 Å². The summed E-state index contributed by atoms with van der Waals surface area (Å²) in [6.45, 7) is 3.66. The van der Waals surface area contributed by atoms with Gasteiger partial charge in [-0.3, -0.25) is 14.5 Å². The summed E-state index contributed by atoms with van der Waals surface area (Å²) in [4.78, 5) is 31.8. The molecular weight excluding hydrogens is 408 g/mol. The molecule has 0 radical (unpaired) electrons. The van der Waals surface area contributed by atoms with Crippen LogP contribution in [0.4, 0.5) is 11.4 Å². The molecule has 2 heterocycles. The zero-order valence-corrected chi connectivity index (χ0v) is 18.3. The number of benzene rings is 2. The Hall–Kier alpha value is -3.03. The van der Waals surface area contributed by atoms with Crippen molar-refractivity contribution in [3.63, 3.8) is 0 Å². The summed E-state index contributed by atoms with van der Waals surface area (Å²) >= 11 is 1.61. The van der Waals surface area contributed by atoms with Crippen molar-refractivity contribution in [2.75, 3.05) is 30.3 Å². The molecule has 1 saturated heterocycles. The Labute approximate surface area is 186 Å². The fourth-order valence-corrected chi connectivity index (χ4v) is 4.46. The fraction of sp³-hybridized carbons (Fsp3) is 0.292. The van der Waals surface area contributed by atoms with E-state index >= 15 is 0 Å². The third-order valence-electron chi connectivity index (χ3n) is 5.35. The van der Waals surface area contributed by atoms with Gasteiger partial charge in [-0.25, -0.2) is 4.98 Å². The molecule has 3 aromatic rings. The summed E-state index contributed by atoms with van der Waals surface area (Å²) < 4.78 is 0. The molecule has 160 valence electrons. The first-order valence-electron chi connectivity index (χ1n) is 10.5. The van der Waals surface area contributed by atoms with E-state index in [4.69, 9.17) is 0 Å². The number of rotatable bonds is 6. The van der Waals surface area contributed by atoms with E-state index in [1.807, 2.05) is 66.9 Å². The number of hydrogen-bond donors (Lipinski definition) is 2. The van der Waals surface area contributed by atoms with Crippen molar-refractivity contribution in [2.45, 2.75) is 19.8 Å². The summed E-state index contributed by atoms with van der Waals surface area (Å²) in [6, 6.07) is 17.2. The zero-order chi connectivity index (χ0) is 21.6. The van der Waals surface area contributed by atoms with Crippen LogP contribution < -0.4 is 10.6 Å². The van der Waals surface area contributed by atoms with Crippen LogP contribution in [0.2, 0.25) is 0 Å². The average Bonchev–Trinajstić information content (AvgIpc) is 3.21. The van der Waals surface area contributed by atoms with Gasteiger partial charge in [-0.15, -0.1) is 11.3 Å². The molecule has 7 heteroatoms. The molecule has 1 aliphatic heterocycles. The first kappa shape index (κ1) is 21.2. The number of amides is 2. The molecule has 0 bridgehead atoms. The summed E-state index contributed by atoms with van der Waals surface area (Å²) in [7, 11) is 0. The van der Waals surface area contributed by atoms with Crippen LogP contribution in [-0.2, 0) is 9.59 Å². The highest BCUT2D eigenvalue weighted by molar-refractivity contribution is 7.09. The number of likely N-dealkylation sites (tertiary alicyclic amines) is 1. The minimum absolute atomic E-state index is 0.0163. The lowest BCUT2D eigenvalue weighted by molar-refractivity contribution is -0.123. The Morgan fingerprint density at radius 3 is 2.68 bits per heavy atom. The summed E-state index contributed by atoms with van der Waals surface area (Å²) in [5.41, 5.74) is 3.46. The number of carbonyl (C=O) groups is 2. The second-order valence-electron chi connectivity index (χ2n) is 7.81. The number of para-hydroxylation sites is 1. The van der Waals surface area contributed by atoms with Crippen molar-refractivity contribution in [3.05, 3.63) is 65.0 Å². The van der Waals surface area contributed by atoms with E-state index in [1.165, 1.54) is 0 Å². The quantitative estimate of drug-likeness (QED) is 0.603. The van der Waals surface area contributed by atoms with Gasteiger partial charge in [0.15, 0.2) is 0 Å². The topological polar surface area (TPSA) is 74.3 Å². The normalized spacial score (nSPS) is 16.6. The summed E-state index contributed by atoms with van der Waals surface area (Å²) in [6.07, 6.45) is 1.74. The van der Waals surface area contributed by atoms with Crippen molar-refractivity contribution in [1.29, 1.82) is 0 Å². The molecule has 2 N–H and O–H groups in total. The Kier molecular flexibility index (Phi) is 6.74. The first-order valence-corrected chi connectivity index (χ1v) is 11.4. The fourth-order valence-electron chi connectivity index (χ4n) is 3.83. The number of aromatic nitrogens is 1. The van der Waals surface area contributed by atoms with E-state index in [-0.39, 0.29) is 24.3 Å². The van der Waals surface area contributed by atoms with Crippen LogP contribution in [0.1, 0.15) is 17.8 Å². The van der Waals surface area contributed by atoms with Gasteiger partial charge in [0, 0.05) is 28.9 Å². The number of thiazole rings is 1. The van der Waals surface area contributed by atoms with Gasteiger partial charge in [-0.1, -0.05) is 30.3 Å². The lowest BCUT2D eigenvalue weighted by Gasteiger charge is -2.31. The Morgan fingerprint density at radius 1 is 1.10 bits per heavy atom. The van der Waals surface area contributed by atoms with Crippen LogP contribution in [-0.4, -0.2) is 41.3 Å². The molecule has 4 rings (SSSR count). The smallest absolute Gasteiger partial charge is 0.238 e. The maximum atomic E-state index is 12.6. The van der Waals surface area contributed by atoms with E-state index in [0.717, 1.165) is 47.0 Å². The van der Waals surface area contributed by atoms with Crippen LogP contribution in [0.25, 0.3) is 11.3 Å². The highest BCUT2D eigenvalue weighted by Gasteiger charge is 2.27. The number of piperidine rings is 1. The van der Waals surface area contributed by atoms with E-state index < -0.39 is 0 Å². The molecule has 1 aliphatic rings. The van der Waals surface area contributed by atoms with Gasteiger partial charge in [0.25, 0.3) is 0 Å². The van der Waals surface area contributed by atoms with Crippen molar-refractivity contribution < 1.29 is 9.59 Å². The molecule has 0 saturated carbocycles. The number of nitrogens with zero attached hydrogens (tertiary/aromatic N) is 2. The minimum atomic E-state index is -0.113. The van der Waals surface area contributed by atoms with Gasteiger partial charge >= 0.3 is 0 Å². The van der Waals surface area contributed by atoms with Crippen LogP contribution in [0.3, 0.4) is 0 Å². The molecule has 1 fully saturated rings. The monoisotopic (exact) mass is 434 g/mol. The van der Waals surface area contributed by atoms with Gasteiger partial charge in [0.05, 0.1) is 23.2 Å². The molecule has 6 nitrogen and oxygen atoms in total. The van der Waals surface area contributed by atoms with Crippen molar-refractivity contribution >= 4 is 34.5 Å². The molecule has 2 amide bonds. The van der Waals surface area contributed by atoms with Gasteiger partial charge < -0.3 is 10.6 Å². The summed E-state index contributed by atoms with van der Waals surface area (Å²) in [5, 5.41) is 8.99. The molecular formula is C24H26N4O2S. The maximum Gasteiger partial charge on any atom is 0.238 e. The van der Waals surface area contributed by atoms with Crippen LogP contribution in [0, 0.1) is 12.8 Å². The largest absolute Gasteiger partial charge is 0.326 e. The van der Waals surface area contributed by atoms with Gasteiger partial charge in [0.2, 0.25) is 11.8 Å². The van der Waals surface area contributed by atoms with Crippen LogP contribution >= 0.6 is 11.3 Å². The number of nitrogens with one attached hydrogen (secondary N) is 2. The lowest BCUT2D eigenvalue weighted by Crippen LogP contribution is -2.43. The predicted molar refractivity (Wildman–Crippen MR) is 125 cm³/mol. The van der Waals surface area contributed by atoms with Crippen molar-refractivity contribution in [3.8, 4) is 11.3 Å². The molecule has 0 spiro atoms. The van der Waals surface area contributed by atoms with Crippen molar-refractivity contribution in [1.82, 2.24) is 9.88 Å². The Bertz CT molecular complexity index is 1050. The molecule has 2 aromatic carbocycles. The number of anilines is 2. The van der Waals surface area contributed by atoms with E-state index in [0.29, 0.717) is 6.54 Å². The second kappa shape index (κ2) is 9.85. The molecule has 1 aromatic heterocycles. The SMILES string of the molecule is Cc1nc(-c2cccc(NC(=O)CN3CCCC(C(=O)Nc4ccccc4)C3)c2)cs1. The van der Waals surface area contributed by atoms with Crippen LogP contribution in [0.15, 0.2) is 60.0 Å². The number of carbonyl (C=O) groups excluding carboxylic acids is 2. The molecule has 0 aliphatic carbocycles. The molecule has 1 unspecified atom stereocenters. The second-order valence-corrected chi connectivity index (χ2v) is 8.87. The highest BCUT2D eigenvalue weighted by Crippen LogP contribution is 2.24. The van der Waals surface area contributed by atoms with Crippen molar-refractivity contribution in [2.24, 2.45) is 5.92 Å². The number of aryl methyl sites for hydroxylation is 1. The predicted octanol–water partition coefficient (Wildman–Crippen LogP) is 4.41. The standard InChI is InChI=1S/C24H26N4O2S/c1-17-25-22(16-31-17)18-7-5-11-21(13-18)26-23(29)15-28-12-6-8-19(14-28)24(30)27-20-9-3-2-4-10-20/h2-5,7,9-11,13,16,19H,6,8,12,14-15H2,1H3,(H,26,29)(H,27,30). The Morgan fingerprint density at radius 2 is 1.90 bits per heavy atom. The third kappa shape index (κ3) is 5.77. The third-order valence-corrected chi connectivity index (χ3v) is 6.12. The van der Waals surface area contributed by atoms with Gasteiger partial charge in [-0.2, -0.15) is 0 Å². The summed E-state index contributed by atoms with van der Waals surface area (Å²) in [5.74, 6) is -0.170. The van der Waals surface area contributed by atoms with Gasteiger partial charge in [0.1, 0.15) is 0 Å². The zero-order valence-electron chi connectivity index (χ0n) is 17.5. The lowest BCUT2D eigenvalue weighted by atomic mass is 9.97.